The van der Waals surface area contributed by atoms with Crippen molar-refractivity contribution in [3.63, 3.8) is 0 Å². The molecule has 5 nitrogen and oxygen atoms in total. The van der Waals surface area contributed by atoms with Gasteiger partial charge in [-0.2, -0.15) is 0 Å². The summed E-state index contributed by atoms with van der Waals surface area (Å²) in [6, 6.07) is 8.68. The van der Waals surface area contributed by atoms with Crippen LogP contribution in [0.25, 0.3) is 0 Å². The molecule has 1 aromatic heterocycles. The Labute approximate surface area is 149 Å². The van der Waals surface area contributed by atoms with Crippen LogP contribution in [0.2, 0.25) is 5.02 Å². The summed E-state index contributed by atoms with van der Waals surface area (Å²) in [5.41, 5.74) is 1.92. The number of hydrogen-bond acceptors (Lipinski definition) is 5. The quantitative estimate of drug-likeness (QED) is 0.620. The van der Waals surface area contributed by atoms with Gasteiger partial charge in [-0.05, 0) is 43.7 Å². The van der Waals surface area contributed by atoms with Crippen molar-refractivity contribution >= 4 is 40.9 Å². The van der Waals surface area contributed by atoms with E-state index in [-0.39, 0.29) is 18.3 Å². The standard InChI is InChI=1S/C17H17ClN2O3S/c1-3-23-17(22)12-5-4-8-19-16(12)24-10-15(21)20-14-7-6-11(2)9-13(14)18/h4-9H,3,10H2,1-2H3,(H,20,21). The van der Waals surface area contributed by atoms with Crippen LogP contribution in [-0.4, -0.2) is 29.2 Å². The van der Waals surface area contributed by atoms with Gasteiger partial charge in [-0.1, -0.05) is 29.4 Å². The summed E-state index contributed by atoms with van der Waals surface area (Å²) in [5.74, 6) is -0.575. The summed E-state index contributed by atoms with van der Waals surface area (Å²) in [4.78, 5) is 28.1. The molecule has 0 aliphatic rings. The first-order chi connectivity index (χ1) is 11.5. The first-order valence-corrected chi connectivity index (χ1v) is 8.68. The van der Waals surface area contributed by atoms with Gasteiger partial charge in [-0.15, -0.1) is 0 Å². The Bertz CT molecular complexity index is 752. The zero-order chi connectivity index (χ0) is 17.5. The van der Waals surface area contributed by atoms with Crippen LogP contribution < -0.4 is 5.32 Å². The van der Waals surface area contributed by atoms with E-state index in [0.717, 1.165) is 5.56 Å². The highest BCUT2D eigenvalue weighted by atomic mass is 35.5. The fourth-order valence-corrected chi connectivity index (χ4v) is 2.98. The lowest BCUT2D eigenvalue weighted by Gasteiger charge is -2.09. The second-order valence-corrected chi connectivity index (χ2v) is 6.27. The monoisotopic (exact) mass is 364 g/mol. The lowest BCUT2D eigenvalue weighted by molar-refractivity contribution is -0.113. The van der Waals surface area contributed by atoms with Crippen LogP contribution in [0.1, 0.15) is 22.8 Å². The summed E-state index contributed by atoms with van der Waals surface area (Å²) in [5, 5.41) is 3.69. The third-order valence-corrected chi connectivity index (χ3v) is 4.32. The normalized spacial score (nSPS) is 10.3. The van der Waals surface area contributed by atoms with Crippen LogP contribution in [0.5, 0.6) is 0 Å². The summed E-state index contributed by atoms with van der Waals surface area (Å²) in [7, 11) is 0. The molecule has 0 saturated heterocycles. The van der Waals surface area contributed by atoms with Crippen molar-refractivity contribution < 1.29 is 14.3 Å². The molecule has 0 aliphatic carbocycles. The number of hydrogen-bond donors (Lipinski definition) is 1. The van der Waals surface area contributed by atoms with Crippen molar-refractivity contribution in [2.75, 3.05) is 17.7 Å². The molecule has 2 rings (SSSR count). The molecule has 0 unspecified atom stereocenters. The van der Waals surface area contributed by atoms with E-state index in [1.807, 2.05) is 13.0 Å². The first-order valence-electron chi connectivity index (χ1n) is 7.32. The number of nitrogens with one attached hydrogen (secondary N) is 1. The van der Waals surface area contributed by atoms with E-state index in [2.05, 4.69) is 10.3 Å². The van der Waals surface area contributed by atoms with Gasteiger partial charge in [0.1, 0.15) is 5.03 Å². The lowest BCUT2D eigenvalue weighted by Crippen LogP contribution is -2.15. The van der Waals surface area contributed by atoms with Crippen molar-refractivity contribution in [1.82, 2.24) is 4.98 Å². The highest BCUT2D eigenvalue weighted by molar-refractivity contribution is 8.00. The van der Waals surface area contributed by atoms with Crippen LogP contribution in [0.15, 0.2) is 41.6 Å². The third kappa shape index (κ3) is 4.97. The topological polar surface area (TPSA) is 68.3 Å². The molecule has 1 aromatic carbocycles. The molecule has 1 amide bonds. The molecule has 0 saturated carbocycles. The number of amides is 1. The average molecular weight is 365 g/mol. The van der Waals surface area contributed by atoms with E-state index in [9.17, 15) is 9.59 Å². The van der Waals surface area contributed by atoms with Crippen LogP contribution >= 0.6 is 23.4 Å². The maximum atomic E-state index is 12.1. The first kappa shape index (κ1) is 18.3. The number of carbonyl (C=O) groups excluding carboxylic acids is 2. The third-order valence-electron chi connectivity index (χ3n) is 3.01. The van der Waals surface area contributed by atoms with Crippen LogP contribution in [0.4, 0.5) is 5.69 Å². The minimum Gasteiger partial charge on any atom is -0.462 e. The SMILES string of the molecule is CCOC(=O)c1cccnc1SCC(=O)Nc1ccc(C)cc1Cl. The van der Waals surface area contributed by atoms with E-state index in [1.165, 1.54) is 11.8 Å². The van der Waals surface area contributed by atoms with Gasteiger partial charge < -0.3 is 10.1 Å². The second kappa shape index (κ2) is 8.70. The molecule has 0 bridgehead atoms. The molecule has 0 aliphatic heterocycles. The minimum absolute atomic E-state index is 0.105. The summed E-state index contributed by atoms with van der Waals surface area (Å²) >= 11 is 7.27. The van der Waals surface area contributed by atoms with Gasteiger partial charge in [0.15, 0.2) is 0 Å². The molecule has 126 valence electrons. The Morgan fingerprint density at radius 2 is 2.12 bits per heavy atom. The Kier molecular flexibility index (Phi) is 6.63. The maximum Gasteiger partial charge on any atom is 0.340 e. The van der Waals surface area contributed by atoms with Crippen molar-refractivity contribution in [1.29, 1.82) is 0 Å². The molecule has 0 spiro atoms. The summed E-state index contributed by atoms with van der Waals surface area (Å²) < 4.78 is 4.99. The highest BCUT2D eigenvalue weighted by Crippen LogP contribution is 2.24. The van der Waals surface area contributed by atoms with Crippen LogP contribution in [0.3, 0.4) is 0 Å². The number of aryl methyl sites for hydroxylation is 1. The van der Waals surface area contributed by atoms with Crippen LogP contribution in [-0.2, 0) is 9.53 Å². The molecule has 0 atom stereocenters. The molecule has 24 heavy (non-hydrogen) atoms. The lowest BCUT2D eigenvalue weighted by atomic mass is 10.2. The van der Waals surface area contributed by atoms with Gasteiger partial charge >= 0.3 is 5.97 Å². The molecule has 1 N–H and O–H groups in total. The van der Waals surface area contributed by atoms with Gasteiger partial charge in [0.2, 0.25) is 5.91 Å². The molecule has 1 heterocycles. The number of ether oxygens (including phenoxy) is 1. The molecule has 7 heteroatoms. The Balaban J connectivity index is 2.00. The number of nitrogens with zero attached hydrogens (tertiary/aromatic N) is 1. The highest BCUT2D eigenvalue weighted by Gasteiger charge is 2.15. The molecule has 0 radical (unpaired) electrons. The van der Waals surface area contributed by atoms with E-state index >= 15 is 0 Å². The zero-order valence-corrected chi connectivity index (χ0v) is 14.9. The smallest absolute Gasteiger partial charge is 0.340 e. The van der Waals surface area contributed by atoms with Crippen molar-refractivity contribution in [3.8, 4) is 0 Å². The molecule has 2 aromatic rings. The van der Waals surface area contributed by atoms with Gasteiger partial charge in [0.25, 0.3) is 0 Å². The van der Waals surface area contributed by atoms with Gasteiger partial charge in [0, 0.05) is 6.20 Å². The number of pyridine rings is 1. The number of halogens is 1. The number of carbonyl (C=O) groups is 2. The second-order valence-electron chi connectivity index (χ2n) is 4.90. The van der Waals surface area contributed by atoms with E-state index in [4.69, 9.17) is 16.3 Å². The van der Waals surface area contributed by atoms with Gasteiger partial charge in [-0.3, -0.25) is 4.79 Å². The number of rotatable bonds is 6. The fourth-order valence-electron chi connectivity index (χ4n) is 1.91. The number of aromatic nitrogens is 1. The maximum absolute atomic E-state index is 12.1. The van der Waals surface area contributed by atoms with E-state index in [0.29, 0.717) is 21.3 Å². The van der Waals surface area contributed by atoms with Crippen LogP contribution in [0, 0.1) is 6.92 Å². The molecular weight excluding hydrogens is 348 g/mol. The number of thioether (sulfide) groups is 1. The number of anilines is 1. The zero-order valence-electron chi connectivity index (χ0n) is 13.3. The van der Waals surface area contributed by atoms with Crippen molar-refractivity contribution in [2.45, 2.75) is 18.9 Å². The number of esters is 1. The number of benzene rings is 1. The van der Waals surface area contributed by atoms with Gasteiger partial charge in [-0.25, -0.2) is 9.78 Å². The predicted molar refractivity (Wildman–Crippen MR) is 95.7 cm³/mol. The largest absolute Gasteiger partial charge is 0.462 e. The Hall–Kier alpha value is -2.05. The van der Waals surface area contributed by atoms with Crippen molar-refractivity contribution in [2.24, 2.45) is 0 Å². The molecule has 0 fully saturated rings. The predicted octanol–water partition coefficient (Wildman–Crippen LogP) is 3.95. The van der Waals surface area contributed by atoms with E-state index < -0.39 is 5.97 Å². The van der Waals surface area contributed by atoms with E-state index in [1.54, 1.807) is 37.4 Å². The summed E-state index contributed by atoms with van der Waals surface area (Å²) in [6.45, 7) is 3.94. The van der Waals surface area contributed by atoms with Crippen molar-refractivity contribution in [3.05, 3.63) is 52.7 Å². The summed E-state index contributed by atoms with van der Waals surface area (Å²) in [6.07, 6.45) is 1.57. The minimum atomic E-state index is -0.449. The molecular formula is C17H17ClN2O3S. The van der Waals surface area contributed by atoms with Gasteiger partial charge in [0.05, 0.1) is 28.6 Å². The Morgan fingerprint density at radius 3 is 2.83 bits per heavy atom. The average Bonchev–Trinajstić information content (AvgIpc) is 2.56. The Morgan fingerprint density at radius 1 is 1.33 bits per heavy atom. The fraction of sp³-hybridized carbons (Fsp3) is 0.235.